The van der Waals surface area contributed by atoms with Crippen LogP contribution in [-0.2, 0) is 10.0 Å². The molecule has 0 radical (unpaired) electrons. The molecular weight excluding hydrogens is 334 g/mol. The first kappa shape index (κ1) is 18.7. The van der Waals surface area contributed by atoms with Gasteiger partial charge in [-0.25, -0.2) is 13.1 Å². The first-order valence-corrected chi connectivity index (χ1v) is 9.49. The quantitative estimate of drug-likeness (QED) is 0.735. The third kappa shape index (κ3) is 5.42. The molecule has 128 valence electrons. The Morgan fingerprint density at radius 2 is 1.48 bits per heavy atom. The van der Waals surface area contributed by atoms with Crippen molar-refractivity contribution < 1.29 is 8.42 Å². The Kier molecular flexibility index (Phi) is 6.71. The summed E-state index contributed by atoms with van der Waals surface area (Å²) >= 11 is 0. The van der Waals surface area contributed by atoms with Crippen LogP contribution in [0.1, 0.15) is 19.3 Å². The van der Waals surface area contributed by atoms with E-state index in [1.54, 1.807) is 24.3 Å². The number of hydrogen-bond acceptors (Lipinski definition) is 4. The van der Waals surface area contributed by atoms with Gasteiger partial charge in [-0.2, -0.15) is 10.5 Å². The molecule has 0 aliphatic heterocycles. The Labute approximate surface area is 148 Å². The number of nitrogens with one attached hydrogen (secondary N) is 1. The molecular formula is C19H19N3O2S. The van der Waals surface area contributed by atoms with Gasteiger partial charge in [0.05, 0.1) is 17.0 Å². The maximum Gasteiger partial charge on any atom is 0.240 e. The van der Waals surface area contributed by atoms with Gasteiger partial charge in [-0.1, -0.05) is 42.5 Å². The molecule has 25 heavy (non-hydrogen) atoms. The predicted octanol–water partition coefficient (Wildman–Crippen LogP) is 3.47. The van der Waals surface area contributed by atoms with Gasteiger partial charge in [0, 0.05) is 6.54 Å². The fourth-order valence-electron chi connectivity index (χ4n) is 2.38. The van der Waals surface area contributed by atoms with Gasteiger partial charge in [0.25, 0.3) is 0 Å². The summed E-state index contributed by atoms with van der Waals surface area (Å²) in [6, 6.07) is 20.3. The Bertz CT molecular complexity index is 850. The van der Waals surface area contributed by atoms with Crippen LogP contribution in [0.4, 0.5) is 0 Å². The van der Waals surface area contributed by atoms with Gasteiger partial charge in [0.15, 0.2) is 0 Å². The van der Waals surface area contributed by atoms with Gasteiger partial charge in [-0.15, -0.1) is 0 Å². The van der Waals surface area contributed by atoms with Gasteiger partial charge in [0.2, 0.25) is 10.0 Å². The molecule has 0 atom stereocenters. The van der Waals surface area contributed by atoms with Crippen LogP contribution in [0.15, 0.2) is 59.5 Å². The lowest BCUT2D eigenvalue weighted by atomic mass is 10.1. The predicted molar refractivity (Wildman–Crippen MR) is 95.6 cm³/mol. The van der Waals surface area contributed by atoms with Crippen LogP contribution in [0, 0.1) is 28.6 Å². The number of rotatable bonds is 8. The first-order valence-electron chi connectivity index (χ1n) is 8.01. The maximum absolute atomic E-state index is 12.3. The second kappa shape index (κ2) is 8.98. The molecule has 0 aliphatic rings. The summed E-state index contributed by atoms with van der Waals surface area (Å²) in [5.41, 5.74) is 1.99. The van der Waals surface area contributed by atoms with Crippen molar-refractivity contribution in [2.24, 2.45) is 5.92 Å². The molecule has 0 bridgehead atoms. The molecule has 0 fully saturated rings. The zero-order valence-corrected chi connectivity index (χ0v) is 14.5. The third-order valence-electron chi connectivity index (χ3n) is 3.80. The number of unbranched alkanes of at least 4 members (excludes halogenated alkanes) is 1. The highest BCUT2D eigenvalue weighted by molar-refractivity contribution is 7.89. The Hall–Kier alpha value is -2.67. The van der Waals surface area contributed by atoms with Gasteiger partial charge >= 0.3 is 0 Å². The Morgan fingerprint density at radius 3 is 2.08 bits per heavy atom. The van der Waals surface area contributed by atoms with Gasteiger partial charge in [-0.3, -0.25) is 0 Å². The van der Waals surface area contributed by atoms with Crippen LogP contribution in [0.3, 0.4) is 0 Å². The van der Waals surface area contributed by atoms with E-state index in [-0.39, 0.29) is 11.4 Å². The van der Waals surface area contributed by atoms with Crippen LogP contribution in [0.5, 0.6) is 0 Å². The van der Waals surface area contributed by atoms with Crippen molar-refractivity contribution in [2.75, 3.05) is 6.54 Å². The van der Waals surface area contributed by atoms with Gasteiger partial charge in [-0.05, 0) is 42.5 Å². The van der Waals surface area contributed by atoms with Crippen molar-refractivity contribution in [2.45, 2.75) is 24.2 Å². The second-order valence-corrected chi connectivity index (χ2v) is 7.36. The highest BCUT2D eigenvalue weighted by atomic mass is 32.2. The lowest BCUT2D eigenvalue weighted by molar-refractivity contribution is 0.570. The molecule has 2 aromatic rings. The van der Waals surface area contributed by atoms with Crippen LogP contribution >= 0.6 is 0 Å². The summed E-state index contributed by atoms with van der Waals surface area (Å²) in [6.45, 7) is 0.284. The maximum atomic E-state index is 12.3. The van der Waals surface area contributed by atoms with E-state index in [4.69, 9.17) is 10.5 Å². The summed E-state index contributed by atoms with van der Waals surface area (Å²) in [5, 5.41) is 17.4. The molecule has 0 heterocycles. The molecule has 0 saturated heterocycles. The average Bonchev–Trinajstić information content (AvgIpc) is 2.65. The summed E-state index contributed by atoms with van der Waals surface area (Å²) < 4.78 is 27.1. The lowest BCUT2D eigenvalue weighted by Crippen LogP contribution is -2.24. The average molecular weight is 353 g/mol. The van der Waals surface area contributed by atoms with Crippen molar-refractivity contribution in [1.82, 2.24) is 4.72 Å². The molecule has 0 saturated carbocycles. The lowest BCUT2D eigenvalue weighted by Gasteiger charge is -2.08. The van der Waals surface area contributed by atoms with E-state index in [1.165, 1.54) is 0 Å². The van der Waals surface area contributed by atoms with E-state index in [2.05, 4.69) is 4.72 Å². The largest absolute Gasteiger partial charge is 0.240 e. The summed E-state index contributed by atoms with van der Waals surface area (Å²) in [5.74, 6) is -0.623. The third-order valence-corrected chi connectivity index (χ3v) is 5.27. The molecule has 1 N–H and O–H groups in total. The van der Waals surface area contributed by atoms with E-state index >= 15 is 0 Å². The minimum Gasteiger partial charge on any atom is -0.211 e. The molecule has 0 aliphatic carbocycles. The first-order chi connectivity index (χ1) is 12.1. The monoisotopic (exact) mass is 353 g/mol. The minimum absolute atomic E-state index is 0.221. The van der Waals surface area contributed by atoms with Crippen LogP contribution in [0.2, 0.25) is 0 Å². The van der Waals surface area contributed by atoms with Crippen LogP contribution in [-0.4, -0.2) is 15.0 Å². The molecule has 0 amide bonds. The molecule has 0 unspecified atom stereocenters. The van der Waals surface area contributed by atoms with Gasteiger partial charge < -0.3 is 0 Å². The van der Waals surface area contributed by atoms with Crippen molar-refractivity contribution in [1.29, 1.82) is 10.5 Å². The smallest absolute Gasteiger partial charge is 0.211 e. The van der Waals surface area contributed by atoms with E-state index in [1.807, 2.05) is 42.5 Å². The SMILES string of the molecule is N#CC(C#N)CCCCNS(=O)(=O)c1ccc(-c2ccccc2)cc1. The van der Waals surface area contributed by atoms with Crippen LogP contribution < -0.4 is 4.72 Å². The number of benzene rings is 2. The number of nitrogens with zero attached hydrogens (tertiary/aromatic N) is 2. The zero-order chi connectivity index (χ0) is 18.1. The number of nitriles is 2. The Morgan fingerprint density at radius 1 is 0.880 bits per heavy atom. The van der Waals surface area contributed by atoms with E-state index in [0.29, 0.717) is 19.3 Å². The Balaban J connectivity index is 1.90. The topological polar surface area (TPSA) is 93.8 Å². The standard InChI is InChI=1S/C19H19N3O2S/c20-14-16(15-21)6-4-5-13-22-25(23,24)19-11-9-18(10-12-19)17-7-2-1-3-8-17/h1-3,7-12,16,22H,4-6,13H2. The van der Waals surface area contributed by atoms with E-state index in [9.17, 15) is 8.42 Å². The fourth-order valence-corrected chi connectivity index (χ4v) is 3.45. The zero-order valence-electron chi connectivity index (χ0n) is 13.7. The highest BCUT2D eigenvalue weighted by Crippen LogP contribution is 2.20. The summed E-state index contributed by atoms with van der Waals surface area (Å²) in [4.78, 5) is 0.221. The summed E-state index contributed by atoms with van der Waals surface area (Å²) in [7, 11) is -3.55. The molecule has 2 rings (SSSR count). The molecule has 0 spiro atoms. The minimum atomic E-state index is -3.55. The van der Waals surface area contributed by atoms with Crippen molar-refractivity contribution in [3.63, 3.8) is 0 Å². The van der Waals surface area contributed by atoms with Crippen molar-refractivity contribution in [3.05, 3.63) is 54.6 Å². The number of sulfonamides is 1. The molecule has 5 nitrogen and oxygen atoms in total. The van der Waals surface area contributed by atoms with Crippen molar-refractivity contribution in [3.8, 4) is 23.3 Å². The van der Waals surface area contributed by atoms with E-state index in [0.717, 1.165) is 11.1 Å². The van der Waals surface area contributed by atoms with Gasteiger partial charge in [0.1, 0.15) is 5.92 Å². The van der Waals surface area contributed by atoms with E-state index < -0.39 is 15.9 Å². The van der Waals surface area contributed by atoms with Crippen molar-refractivity contribution >= 4 is 10.0 Å². The molecule has 2 aromatic carbocycles. The molecule has 0 aromatic heterocycles. The fraction of sp³-hybridized carbons (Fsp3) is 0.263. The van der Waals surface area contributed by atoms with Crippen LogP contribution in [0.25, 0.3) is 11.1 Å². The number of hydrogen-bond donors (Lipinski definition) is 1. The summed E-state index contributed by atoms with van der Waals surface area (Å²) in [6.07, 6.45) is 1.67. The normalized spacial score (nSPS) is 11.0. The second-order valence-electron chi connectivity index (χ2n) is 5.59. The highest BCUT2D eigenvalue weighted by Gasteiger charge is 2.13. The molecule has 6 heteroatoms.